The molecule has 1 aromatic rings. The van der Waals surface area contributed by atoms with Gasteiger partial charge in [-0.25, -0.2) is 13.8 Å². The van der Waals surface area contributed by atoms with Crippen LogP contribution in [0.5, 0.6) is 0 Å². The van der Waals surface area contributed by atoms with E-state index in [9.17, 15) is 8.78 Å². The molecule has 0 saturated heterocycles. The first-order valence-electron chi connectivity index (χ1n) is 3.30. The molecule has 1 heterocycles. The molecule has 0 unspecified atom stereocenters. The fraction of sp³-hybridized carbons (Fsp3) is 0.286. The molecule has 0 radical (unpaired) electrons. The Labute approximate surface area is 92.1 Å². The summed E-state index contributed by atoms with van der Waals surface area (Å²) in [4.78, 5) is 3.75. The smallest absolute Gasteiger partial charge is 0.267 e. The van der Waals surface area contributed by atoms with Crippen molar-refractivity contribution < 1.29 is 13.9 Å². The van der Waals surface area contributed by atoms with Crippen LogP contribution in [0.2, 0.25) is 5.02 Å². The van der Waals surface area contributed by atoms with Gasteiger partial charge in [0, 0.05) is 0 Å². The average Bonchev–Trinajstić information content (AvgIpc) is 2.02. The highest BCUT2D eigenvalue weighted by molar-refractivity contribution is 14.1. The lowest BCUT2D eigenvalue weighted by molar-refractivity contribution is 0.149. The molecule has 0 aromatic carbocycles. The molecule has 0 aliphatic heterocycles. The lowest BCUT2D eigenvalue weighted by Gasteiger charge is -2.06. The summed E-state index contributed by atoms with van der Waals surface area (Å²) in [6.45, 7) is -0.306. The van der Waals surface area contributed by atoms with Crippen LogP contribution in [0.3, 0.4) is 0 Å². The number of hydrogen-bond acceptors (Lipinski definition) is 2. The number of pyridine rings is 1. The third-order valence-corrected chi connectivity index (χ3v) is 2.53. The zero-order chi connectivity index (χ0) is 10.0. The maximum Gasteiger partial charge on any atom is 0.267 e. The number of hydrogen-bond donors (Lipinski definition) is 1. The molecule has 2 nitrogen and oxygen atoms in total. The van der Waals surface area contributed by atoms with Gasteiger partial charge in [0.1, 0.15) is 3.70 Å². The van der Waals surface area contributed by atoms with Gasteiger partial charge in [0.2, 0.25) is 0 Å². The van der Waals surface area contributed by atoms with E-state index in [4.69, 9.17) is 16.7 Å². The van der Waals surface area contributed by atoms with E-state index < -0.39 is 6.43 Å². The number of aliphatic hydroxyl groups is 1. The van der Waals surface area contributed by atoms with Gasteiger partial charge in [0.05, 0.1) is 22.9 Å². The predicted octanol–water partition coefficient (Wildman–Crippen LogP) is 2.77. The maximum atomic E-state index is 12.3. The van der Waals surface area contributed by atoms with Gasteiger partial charge < -0.3 is 5.11 Å². The normalized spacial score (nSPS) is 10.9. The topological polar surface area (TPSA) is 33.1 Å². The molecule has 13 heavy (non-hydrogen) atoms. The molecule has 1 rings (SSSR count). The molecule has 0 fully saturated rings. The van der Waals surface area contributed by atoms with Gasteiger partial charge in [-0.3, -0.25) is 0 Å². The minimum Gasteiger partial charge on any atom is -0.390 e. The van der Waals surface area contributed by atoms with Gasteiger partial charge in [-0.15, -0.1) is 0 Å². The summed E-state index contributed by atoms with van der Waals surface area (Å²) in [6.07, 6.45) is -2.64. The number of aromatic nitrogens is 1. The van der Waals surface area contributed by atoms with Gasteiger partial charge in [-0.05, 0) is 28.7 Å². The second-order valence-electron chi connectivity index (χ2n) is 2.26. The van der Waals surface area contributed by atoms with Crippen LogP contribution in [0.1, 0.15) is 17.7 Å². The maximum absolute atomic E-state index is 12.3. The Bertz CT molecular complexity index is 298. The molecule has 0 amide bonds. The van der Waals surface area contributed by atoms with E-state index in [1.54, 1.807) is 22.6 Å². The number of nitrogens with zero attached hydrogens (tertiary/aromatic N) is 1. The lowest BCUT2D eigenvalue weighted by atomic mass is 10.2. The van der Waals surface area contributed by atoms with Crippen molar-refractivity contribution in [2.75, 3.05) is 0 Å². The van der Waals surface area contributed by atoms with Gasteiger partial charge in [0.25, 0.3) is 6.43 Å². The Morgan fingerprint density at radius 3 is 2.62 bits per heavy atom. The van der Waals surface area contributed by atoms with Crippen molar-refractivity contribution in [3.05, 3.63) is 26.0 Å². The Morgan fingerprint density at radius 2 is 2.23 bits per heavy atom. The van der Waals surface area contributed by atoms with Crippen LogP contribution in [-0.2, 0) is 6.61 Å². The SMILES string of the molecule is OCc1cc(Cl)c(C(F)F)c(I)n1. The minimum absolute atomic E-state index is 0.0570. The number of aliphatic hydroxyl groups excluding tert-OH is 1. The van der Waals surface area contributed by atoms with Crippen molar-refractivity contribution in [2.45, 2.75) is 13.0 Å². The first-order chi connectivity index (χ1) is 6.06. The number of halogens is 4. The van der Waals surface area contributed by atoms with Crippen molar-refractivity contribution in [1.82, 2.24) is 4.98 Å². The summed E-state index contributed by atoms with van der Waals surface area (Å²) in [7, 11) is 0. The van der Waals surface area contributed by atoms with E-state index in [0.717, 1.165) is 0 Å². The second kappa shape index (κ2) is 4.47. The van der Waals surface area contributed by atoms with Crippen molar-refractivity contribution in [1.29, 1.82) is 0 Å². The van der Waals surface area contributed by atoms with E-state index in [1.165, 1.54) is 6.07 Å². The van der Waals surface area contributed by atoms with Crippen molar-refractivity contribution in [3.8, 4) is 0 Å². The lowest BCUT2D eigenvalue weighted by Crippen LogP contribution is -1.99. The second-order valence-corrected chi connectivity index (χ2v) is 3.69. The summed E-state index contributed by atoms with van der Waals surface area (Å²) in [5, 5.41) is 8.65. The Balaban J connectivity index is 3.23. The fourth-order valence-corrected chi connectivity index (χ4v) is 2.11. The van der Waals surface area contributed by atoms with E-state index >= 15 is 0 Å². The van der Waals surface area contributed by atoms with Crippen LogP contribution in [0.15, 0.2) is 6.07 Å². The third kappa shape index (κ3) is 2.47. The first kappa shape index (κ1) is 11.1. The van der Waals surface area contributed by atoms with Crippen molar-refractivity contribution in [3.63, 3.8) is 0 Å². The van der Waals surface area contributed by atoms with Gasteiger partial charge >= 0.3 is 0 Å². The third-order valence-electron chi connectivity index (χ3n) is 1.39. The fourth-order valence-electron chi connectivity index (χ4n) is 0.816. The van der Waals surface area contributed by atoms with Crippen LogP contribution in [-0.4, -0.2) is 10.1 Å². The summed E-state index contributed by atoms with van der Waals surface area (Å²) in [6, 6.07) is 1.24. The zero-order valence-corrected chi connectivity index (χ0v) is 9.18. The van der Waals surface area contributed by atoms with Crippen molar-refractivity contribution in [2.24, 2.45) is 0 Å². The molecule has 72 valence electrons. The summed E-state index contributed by atoms with van der Waals surface area (Å²) < 4.78 is 24.8. The largest absolute Gasteiger partial charge is 0.390 e. The minimum atomic E-state index is -2.64. The highest BCUT2D eigenvalue weighted by Crippen LogP contribution is 2.30. The molecular formula is C7H5ClF2INO. The van der Waals surface area contributed by atoms with Gasteiger partial charge in [-0.2, -0.15) is 0 Å². The molecule has 6 heteroatoms. The number of alkyl halides is 2. The predicted molar refractivity (Wildman–Crippen MR) is 52.8 cm³/mol. The van der Waals surface area contributed by atoms with Crippen LogP contribution >= 0.6 is 34.2 Å². The Morgan fingerprint density at radius 1 is 1.62 bits per heavy atom. The standard InChI is InChI=1S/C7H5ClF2INO/c8-4-1-3(2-13)12-7(11)5(4)6(9)10/h1,6,13H,2H2. The monoisotopic (exact) mass is 319 g/mol. The molecule has 1 N–H and O–H groups in total. The van der Waals surface area contributed by atoms with Crippen LogP contribution < -0.4 is 0 Å². The summed E-state index contributed by atoms with van der Waals surface area (Å²) in [5.74, 6) is 0. The van der Waals surface area contributed by atoms with E-state index in [1.807, 2.05) is 0 Å². The van der Waals surface area contributed by atoms with Crippen molar-refractivity contribution >= 4 is 34.2 Å². The highest BCUT2D eigenvalue weighted by atomic mass is 127. The highest BCUT2D eigenvalue weighted by Gasteiger charge is 2.17. The molecule has 0 saturated carbocycles. The summed E-state index contributed by atoms with van der Waals surface area (Å²) in [5.41, 5.74) is 0.0123. The molecule has 0 spiro atoms. The van der Waals surface area contributed by atoms with Gasteiger partial charge in [-0.1, -0.05) is 11.6 Å². The quantitative estimate of drug-likeness (QED) is 0.672. The molecular weight excluding hydrogens is 314 g/mol. The van der Waals surface area contributed by atoms with Gasteiger partial charge in [0.15, 0.2) is 0 Å². The molecule has 0 aliphatic carbocycles. The van der Waals surface area contributed by atoms with E-state index in [0.29, 0.717) is 5.69 Å². The first-order valence-corrected chi connectivity index (χ1v) is 4.75. The Kier molecular flexibility index (Phi) is 3.81. The molecule has 1 aromatic heterocycles. The van der Waals surface area contributed by atoms with Crippen LogP contribution in [0.4, 0.5) is 8.78 Å². The molecule has 0 aliphatic rings. The van der Waals surface area contributed by atoms with E-state index in [-0.39, 0.29) is 20.9 Å². The van der Waals surface area contributed by atoms with Crippen LogP contribution in [0, 0.1) is 3.70 Å². The average molecular weight is 319 g/mol. The molecule has 0 bridgehead atoms. The Hall–Kier alpha value is -0.0100. The summed E-state index contributed by atoms with van der Waals surface area (Å²) >= 11 is 7.24. The van der Waals surface area contributed by atoms with Crippen LogP contribution in [0.25, 0.3) is 0 Å². The van der Waals surface area contributed by atoms with E-state index in [2.05, 4.69) is 4.98 Å². The zero-order valence-electron chi connectivity index (χ0n) is 6.27. The molecule has 0 atom stereocenters. The number of rotatable bonds is 2.